The molecule has 2 aromatic carbocycles. The molecule has 0 aliphatic rings. The first kappa shape index (κ1) is 11.9. The SMILES string of the molecule is CC(C(=O)Cl)c1ccc(-c2ccccc2)cc1. The molecule has 1 unspecified atom stereocenters. The minimum atomic E-state index is -0.322. The van der Waals surface area contributed by atoms with E-state index >= 15 is 0 Å². The van der Waals surface area contributed by atoms with Crippen molar-refractivity contribution in [1.82, 2.24) is 0 Å². The molecule has 1 atom stereocenters. The van der Waals surface area contributed by atoms with Crippen molar-refractivity contribution in [3.8, 4) is 11.1 Å². The molecule has 0 bridgehead atoms. The van der Waals surface area contributed by atoms with Gasteiger partial charge in [0.25, 0.3) is 0 Å². The molecular formula is C15H13ClO. The maximum atomic E-state index is 11.1. The smallest absolute Gasteiger partial charge is 0.228 e. The fraction of sp³-hybridized carbons (Fsp3) is 0.133. The maximum Gasteiger partial charge on any atom is 0.228 e. The van der Waals surface area contributed by atoms with Crippen LogP contribution in [0.15, 0.2) is 54.6 Å². The molecule has 0 spiro atoms. The summed E-state index contributed by atoms with van der Waals surface area (Å²) in [6.45, 7) is 1.81. The summed E-state index contributed by atoms with van der Waals surface area (Å²) in [4.78, 5) is 11.1. The summed E-state index contributed by atoms with van der Waals surface area (Å²) in [6.07, 6.45) is 0. The molecular weight excluding hydrogens is 232 g/mol. The normalized spacial score (nSPS) is 12.1. The van der Waals surface area contributed by atoms with Gasteiger partial charge in [0.1, 0.15) is 0 Å². The van der Waals surface area contributed by atoms with Crippen LogP contribution in [-0.4, -0.2) is 5.24 Å². The zero-order chi connectivity index (χ0) is 12.3. The Bertz CT molecular complexity index is 502. The van der Waals surface area contributed by atoms with E-state index in [1.165, 1.54) is 5.56 Å². The fourth-order valence-electron chi connectivity index (χ4n) is 1.73. The first-order valence-electron chi connectivity index (χ1n) is 5.53. The third-order valence-electron chi connectivity index (χ3n) is 2.86. The highest BCUT2D eigenvalue weighted by Crippen LogP contribution is 2.23. The molecule has 0 aliphatic carbocycles. The quantitative estimate of drug-likeness (QED) is 0.739. The molecule has 17 heavy (non-hydrogen) atoms. The summed E-state index contributed by atoms with van der Waals surface area (Å²) in [6, 6.07) is 18.1. The lowest BCUT2D eigenvalue weighted by atomic mass is 9.98. The minimum absolute atomic E-state index is 0.249. The molecule has 2 aromatic rings. The van der Waals surface area contributed by atoms with Gasteiger partial charge >= 0.3 is 0 Å². The predicted octanol–water partition coefficient (Wildman–Crippen LogP) is 4.22. The highest BCUT2D eigenvalue weighted by Gasteiger charge is 2.12. The van der Waals surface area contributed by atoms with Gasteiger partial charge in [-0.2, -0.15) is 0 Å². The number of benzene rings is 2. The Labute approximate surface area is 106 Å². The van der Waals surface area contributed by atoms with E-state index < -0.39 is 0 Å². The summed E-state index contributed by atoms with van der Waals surface area (Å²) in [7, 11) is 0. The van der Waals surface area contributed by atoms with Gasteiger partial charge in [-0.3, -0.25) is 4.79 Å². The van der Waals surface area contributed by atoms with Crippen molar-refractivity contribution in [2.75, 3.05) is 0 Å². The van der Waals surface area contributed by atoms with Gasteiger partial charge in [0, 0.05) is 0 Å². The highest BCUT2D eigenvalue weighted by molar-refractivity contribution is 6.64. The molecule has 0 aliphatic heterocycles. The van der Waals surface area contributed by atoms with E-state index in [1.807, 2.05) is 49.4 Å². The molecule has 86 valence electrons. The Morgan fingerprint density at radius 3 is 2.00 bits per heavy atom. The van der Waals surface area contributed by atoms with E-state index in [9.17, 15) is 4.79 Å². The average Bonchev–Trinajstić information content (AvgIpc) is 2.39. The molecule has 0 radical (unpaired) electrons. The van der Waals surface area contributed by atoms with Gasteiger partial charge in [0.2, 0.25) is 5.24 Å². The lowest BCUT2D eigenvalue weighted by Gasteiger charge is -2.08. The number of halogens is 1. The number of hydrogen-bond donors (Lipinski definition) is 0. The van der Waals surface area contributed by atoms with Gasteiger partial charge in [-0.05, 0) is 28.3 Å². The Hall–Kier alpha value is -1.60. The third-order valence-corrected chi connectivity index (χ3v) is 3.19. The van der Waals surface area contributed by atoms with E-state index in [-0.39, 0.29) is 11.2 Å². The van der Waals surface area contributed by atoms with Gasteiger partial charge in [-0.1, -0.05) is 61.5 Å². The van der Waals surface area contributed by atoms with E-state index in [4.69, 9.17) is 11.6 Å². The molecule has 1 nitrogen and oxygen atoms in total. The average molecular weight is 245 g/mol. The van der Waals surface area contributed by atoms with Gasteiger partial charge in [0.05, 0.1) is 5.92 Å². The van der Waals surface area contributed by atoms with Crippen LogP contribution in [0.1, 0.15) is 18.4 Å². The Kier molecular flexibility index (Phi) is 3.60. The van der Waals surface area contributed by atoms with Gasteiger partial charge < -0.3 is 0 Å². The summed E-state index contributed by atoms with van der Waals surface area (Å²) in [5, 5.41) is -0.322. The Morgan fingerprint density at radius 1 is 0.941 bits per heavy atom. The van der Waals surface area contributed by atoms with Crippen molar-refractivity contribution >= 4 is 16.8 Å². The summed E-state index contributed by atoms with van der Waals surface area (Å²) < 4.78 is 0. The van der Waals surface area contributed by atoms with Crippen molar-refractivity contribution < 1.29 is 4.79 Å². The number of hydrogen-bond acceptors (Lipinski definition) is 1. The number of carbonyl (C=O) groups excluding carboxylic acids is 1. The molecule has 0 saturated heterocycles. The first-order valence-corrected chi connectivity index (χ1v) is 5.91. The number of rotatable bonds is 3. The van der Waals surface area contributed by atoms with E-state index in [1.54, 1.807) is 0 Å². The molecule has 0 saturated carbocycles. The van der Waals surface area contributed by atoms with Crippen molar-refractivity contribution in [3.05, 3.63) is 60.2 Å². The van der Waals surface area contributed by atoms with Crippen LogP contribution in [0.5, 0.6) is 0 Å². The van der Waals surface area contributed by atoms with Gasteiger partial charge in [0.15, 0.2) is 0 Å². The van der Waals surface area contributed by atoms with Crippen LogP contribution in [0.3, 0.4) is 0 Å². The topological polar surface area (TPSA) is 17.1 Å². The molecule has 0 heterocycles. The molecule has 0 fully saturated rings. The molecule has 0 N–H and O–H groups in total. The lowest BCUT2D eigenvalue weighted by molar-refractivity contribution is -0.112. The van der Waals surface area contributed by atoms with Crippen LogP contribution in [0.4, 0.5) is 0 Å². The lowest BCUT2D eigenvalue weighted by Crippen LogP contribution is -2.01. The molecule has 2 heteroatoms. The minimum Gasteiger partial charge on any atom is -0.281 e. The first-order chi connectivity index (χ1) is 8.18. The maximum absolute atomic E-state index is 11.1. The van der Waals surface area contributed by atoms with Crippen LogP contribution in [0, 0.1) is 0 Å². The van der Waals surface area contributed by atoms with Crippen LogP contribution >= 0.6 is 11.6 Å². The van der Waals surface area contributed by atoms with Crippen LogP contribution in [0.2, 0.25) is 0 Å². The summed E-state index contributed by atoms with van der Waals surface area (Å²) >= 11 is 5.48. The Morgan fingerprint density at radius 2 is 1.47 bits per heavy atom. The van der Waals surface area contributed by atoms with E-state index in [2.05, 4.69) is 12.1 Å². The molecule has 2 rings (SSSR count). The third kappa shape index (κ3) is 2.75. The highest BCUT2D eigenvalue weighted by atomic mass is 35.5. The van der Waals surface area contributed by atoms with Crippen LogP contribution in [0.25, 0.3) is 11.1 Å². The van der Waals surface area contributed by atoms with E-state index in [0.29, 0.717) is 0 Å². The van der Waals surface area contributed by atoms with Crippen molar-refractivity contribution in [3.63, 3.8) is 0 Å². The summed E-state index contributed by atoms with van der Waals surface area (Å²) in [5.74, 6) is -0.249. The second-order valence-electron chi connectivity index (χ2n) is 4.01. The van der Waals surface area contributed by atoms with Crippen LogP contribution in [-0.2, 0) is 4.79 Å². The fourth-order valence-corrected chi connectivity index (χ4v) is 1.85. The second kappa shape index (κ2) is 5.15. The molecule has 0 aromatic heterocycles. The van der Waals surface area contributed by atoms with Gasteiger partial charge in [-0.25, -0.2) is 0 Å². The predicted molar refractivity (Wildman–Crippen MR) is 71.2 cm³/mol. The zero-order valence-corrected chi connectivity index (χ0v) is 10.3. The zero-order valence-electron chi connectivity index (χ0n) is 9.56. The molecule has 0 amide bonds. The monoisotopic (exact) mass is 244 g/mol. The van der Waals surface area contributed by atoms with Crippen molar-refractivity contribution in [2.45, 2.75) is 12.8 Å². The van der Waals surface area contributed by atoms with Gasteiger partial charge in [-0.15, -0.1) is 0 Å². The van der Waals surface area contributed by atoms with E-state index in [0.717, 1.165) is 11.1 Å². The summed E-state index contributed by atoms with van der Waals surface area (Å²) in [5.41, 5.74) is 3.26. The standard InChI is InChI=1S/C15H13ClO/c1-11(15(16)17)12-7-9-14(10-8-12)13-5-3-2-4-6-13/h2-11H,1H3. The van der Waals surface area contributed by atoms with Crippen molar-refractivity contribution in [1.29, 1.82) is 0 Å². The second-order valence-corrected chi connectivity index (χ2v) is 4.39. The van der Waals surface area contributed by atoms with Crippen LogP contribution < -0.4 is 0 Å². The number of carbonyl (C=O) groups is 1. The van der Waals surface area contributed by atoms with Crippen molar-refractivity contribution in [2.24, 2.45) is 0 Å². The Balaban J connectivity index is 2.28. The largest absolute Gasteiger partial charge is 0.281 e.